The van der Waals surface area contributed by atoms with Crippen LogP contribution in [-0.2, 0) is 12.5 Å². The molecule has 1 N–H and O–H groups in total. The number of hydrogen-bond donors (Lipinski definition) is 1. The van der Waals surface area contributed by atoms with Gasteiger partial charge in [-0.3, -0.25) is 0 Å². The quantitative estimate of drug-likeness (QED) is 0.713. The second-order valence-electron chi connectivity index (χ2n) is 3.08. The summed E-state index contributed by atoms with van der Waals surface area (Å²) in [5.41, 5.74) is -0.106. The molecule has 0 fully saturated rings. The van der Waals surface area contributed by atoms with Crippen molar-refractivity contribution in [1.82, 2.24) is 5.32 Å². The van der Waals surface area contributed by atoms with Crippen LogP contribution in [0.4, 0.5) is 13.2 Å². The minimum atomic E-state index is -3.08. The van der Waals surface area contributed by atoms with Crippen molar-refractivity contribution in [3.05, 3.63) is 35.1 Å². The normalized spacial score (nSPS) is 18.2. The van der Waals surface area contributed by atoms with Gasteiger partial charge in [0.05, 0.1) is 12.1 Å². The fourth-order valence-corrected chi connectivity index (χ4v) is 1.57. The van der Waals surface area contributed by atoms with Crippen LogP contribution in [0.25, 0.3) is 0 Å². The van der Waals surface area contributed by atoms with Crippen LogP contribution in [0.3, 0.4) is 0 Å². The lowest BCUT2D eigenvalue weighted by Gasteiger charge is -2.26. The number of benzene rings is 1. The number of halogens is 4. The zero-order valence-electron chi connectivity index (χ0n) is 7.19. The van der Waals surface area contributed by atoms with Gasteiger partial charge in [-0.25, -0.2) is 4.39 Å². The third-order valence-electron chi connectivity index (χ3n) is 2.13. The maximum atomic E-state index is 13.2. The molecular weight excluding hydrogens is 215 g/mol. The van der Waals surface area contributed by atoms with E-state index in [1.165, 1.54) is 12.1 Å². The largest absolute Gasteiger partial charge is 0.307 e. The lowest BCUT2D eigenvalue weighted by Crippen LogP contribution is -2.37. The Bertz CT molecular complexity index is 341. The molecule has 0 aromatic heterocycles. The maximum Gasteiger partial charge on any atom is 0.288 e. The highest BCUT2D eigenvalue weighted by Gasteiger charge is 2.38. The van der Waals surface area contributed by atoms with Crippen LogP contribution in [0, 0.1) is 5.82 Å². The minimum Gasteiger partial charge on any atom is -0.307 e. The van der Waals surface area contributed by atoms with Gasteiger partial charge in [0, 0.05) is 6.54 Å². The Labute approximate surface area is 85.7 Å². The molecule has 0 spiro atoms. The molecule has 14 heavy (non-hydrogen) atoms. The van der Waals surface area contributed by atoms with E-state index in [2.05, 4.69) is 5.32 Å². The maximum absolute atomic E-state index is 13.2. The molecule has 1 aliphatic rings. The molecule has 0 aliphatic carbocycles. The first-order valence-electron chi connectivity index (χ1n) is 3.98. The lowest BCUT2D eigenvalue weighted by atomic mass is 9.97. The van der Waals surface area contributed by atoms with E-state index in [9.17, 15) is 13.2 Å². The van der Waals surface area contributed by atoms with E-state index < -0.39 is 23.8 Å². The highest BCUT2D eigenvalue weighted by Crippen LogP contribution is 2.34. The first kappa shape index (κ1) is 11.3. The topological polar surface area (TPSA) is 12.0 Å². The zero-order chi connectivity index (χ0) is 9.47. The van der Waals surface area contributed by atoms with E-state index >= 15 is 0 Å². The fourth-order valence-electron chi connectivity index (χ4n) is 1.57. The van der Waals surface area contributed by atoms with Crippen LogP contribution in [0.1, 0.15) is 11.1 Å². The van der Waals surface area contributed by atoms with E-state index in [1.807, 2.05) is 0 Å². The third kappa shape index (κ3) is 1.72. The Morgan fingerprint density at radius 3 is 2.64 bits per heavy atom. The smallest absolute Gasteiger partial charge is 0.288 e. The van der Waals surface area contributed by atoms with Gasteiger partial charge in [0.1, 0.15) is 5.82 Å². The molecule has 0 radical (unpaired) electrons. The summed E-state index contributed by atoms with van der Waals surface area (Å²) in [6.07, 6.45) is 0. The Morgan fingerprint density at radius 1 is 1.29 bits per heavy atom. The second kappa shape index (κ2) is 3.79. The highest BCUT2D eigenvalue weighted by molar-refractivity contribution is 5.85. The predicted molar refractivity (Wildman–Crippen MR) is 49.2 cm³/mol. The van der Waals surface area contributed by atoms with Crippen LogP contribution < -0.4 is 5.32 Å². The number of rotatable bonds is 0. The standard InChI is InChI=1S/C9H8F3N.ClH/c10-7-3-1-2-6-4-13-5-9(11,12)8(6)7;/h1-3,13H,4-5H2;1H. The van der Waals surface area contributed by atoms with E-state index in [1.54, 1.807) is 0 Å². The molecule has 0 bridgehead atoms. The molecular formula is C9H9ClF3N. The average molecular weight is 224 g/mol. The molecule has 1 nitrogen and oxygen atoms in total. The van der Waals surface area contributed by atoms with Gasteiger partial charge < -0.3 is 5.32 Å². The van der Waals surface area contributed by atoms with Gasteiger partial charge in [0.15, 0.2) is 0 Å². The average Bonchev–Trinajstić information content (AvgIpc) is 2.02. The van der Waals surface area contributed by atoms with Gasteiger partial charge in [0.25, 0.3) is 5.92 Å². The van der Waals surface area contributed by atoms with Crippen molar-refractivity contribution in [3.63, 3.8) is 0 Å². The monoisotopic (exact) mass is 223 g/mol. The Balaban J connectivity index is 0.000000980. The molecule has 0 saturated carbocycles. The van der Waals surface area contributed by atoms with E-state index in [0.717, 1.165) is 6.07 Å². The molecule has 2 rings (SSSR count). The molecule has 5 heteroatoms. The van der Waals surface area contributed by atoms with Crippen LogP contribution in [0.5, 0.6) is 0 Å². The van der Waals surface area contributed by atoms with E-state index in [0.29, 0.717) is 12.1 Å². The third-order valence-corrected chi connectivity index (χ3v) is 2.13. The van der Waals surface area contributed by atoms with Gasteiger partial charge in [-0.1, -0.05) is 12.1 Å². The van der Waals surface area contributed by atoms with Crippen molar-refractivity contribution in [3.8, 4) is 0 Å². The first-order valence-corrected chi connectivity index (χ1v) is 3.98. The molecule has 0 amide bonds. The zero-order valence-corrected chi connectivity index (χ0v) is 8.00. The fraction of sp³-hybridized carbons (Fsp3) is 0.333. The predicted octanol–water partition coefficient (Wildman–Crippen LogP) is 2.44. The summed E-state index contributed by atoms with van der Waals surface area (Å²) in [6.45, 7) is -0.177. The summed E-state index contributed by atoms with van der Waals surface area (Å²) in [5.74, 6) is -3.90. The highest BCUT2D eigenvalue weighted by atomic mass is 35.5. The number of nitrogens with one attached hydrogen (secondary N) is 1. The lowest BCUT2D eigenvalue weighted by molar-refractivity contribution is -0.0143. The van der Waals surface area contributed by atoms with E-state index in [-0.39, 0.29) is 12.4 Å². The van der Waals surface area contributed by atoms with Crippen LogP contribution in [0.2, 0.25) is 0 Å². The Hall–Kier alpha value is -0.740. The molecule has 0 saturated heterocycles. The molecule has 1 aromatic carbocycles. The molecule has 1 aliphatic heterocycles. The summed E-state index contributed by atoms with van der Waals surface area (Å²) < 4.78 is 39.4. The molecule has 78 valence electrons. The van der Waals surface area contributed by atoms with Crippen molar-refractivity contribution in [2.75, 3.05) is 6.54 Å². The number of alkyl halides is 2. The summed E-state index contributed by atoms with van der Waals surface area (Å²) >= 11 is 0. The molecule has 0 atom stereocenters. The van der Waals surface area contributed by atoms with Crippen molar-refractivity contribution >= 4 is 12.4 Å². The summed E-state index contributed by atoms with van der Waals surface area (Å²) in [5, 5.41) is 2.54. The van der Waals surface area contributed by atoms with Gasteiger partial charge in [-0.2, -0.15) is 8.78 Å². The van der Waals surface area contributed by atoms with Gasteiger partial charge in [-0.15, -0.1) is 12.4 Å². The van der Waals surface area contributed by atoms with Crippen molar-refractivity contribution < 1.29 is 13.2 Å². The van der Waals surface area contributed by atoms with Crippen LogP contribution >= 0.6 is 12.4 Å². The summed E-state index contributed by atoms with van der Waals surface area (Å²) in [4.78, 5) is 0. The van der Waals surface area contributed by atoms with Crippen molar-refractivity contribution in [1.29, 1.82) is 0 Å². The Kier molecular flexibility index (Phi) is 3.07. The van der Waals surface area contributed by atoms with Crippen molar-refractivity contribution in [2.45, 2.75) is 12.5 Å². The van der Waals surface area contributed by atoms with Gasteiger partial charge >= 0.3 is 0 Å². The first-order chi connectivity index (χ1) is 6.11. The second-order valence-corrected chi connectivity index (χ2v) is 3.08. The van der Waals surface area contributed by atoms with Crippen molar-refractivity contribution in [2.24, 2.45) is 0 Å². The number of hydrogen-bond acceptors (Lipinski definition) is 1. The Morgan fingerprint density at radius 2 is 2.00 bits per heavy atom. The number of fused-ring (bicyclic) bond motifs is 1. The molecule has 1 heterocycles. The summed E-state index contributed by atoms with van der Waals surface area (Å²) in [7, 11) is 0. The molecule has 0 unspecified atom stereocenters. The molecule has 1 aromatic rings. The minimum absolute atomic E-state index is 0. The van der Waals surface area contributed by atoms with Crippen LogP contribution in [-0.4, -0.2) is 6.54 Å². The SMILES string of the molecule is Cl.Fc1cccc2c1C(F)(F)CNC2. The van der Waals surface area contributed by atoms with Crippen LogP contribution in [0.15, 0.2) is 18.2 Å². The summed E-state index contributed by atoms with van der Waals surface area (Å²) in [6, 6.07) is 4.02. The van der Waals surface area contributed by atoms with Gasteiger partial charge in [-0.05, 0) is 11.6 Å². The van der Waals surface area contributed by atoms with Gasteiger partial charge in [0.2, 0.25) is 0 Å². The van der Waals surface area contributed by atoms with E-state index in [4.69, 9.17) is 0 Å².